The Morgan fingerprint density at radius 1 is 1.45 bits per heavy atom. The molecule has 2 N–H and O–H groups in total. The lowest BCUT2D eigenvalue weighted by molar-refractivity contribution is 0.0448. The number of amides is 2. The van der Waals surface area contributed by atoms with E-state index in [2.05, 4.69) is 0 Å². The van der Waals surface area contributed by atoms with Gasteiger partial charge in [-0.25, -0.2) is 4.79 Å². The average molecular weight is 293 g/mol. The number of hydrogen-bond acceptors (Lipinski definition) is 3. The van der Waals surface area contributed by atoms with Gasteiger partial charge >= 0.3 is 6.03 Å². The van der Waals surface area contributed by atoms with Crippen molar-refractivity contribution in [1.82, 2.24) is 9.80 Å². The van der Waals surface area contributed by atoms with Crippen molar-refractivity contribution in [1.29, 1.82) is 0 Å². The molecule has 6 heteroatoms. The number of hydrogen-bond donors (Lipinski definition) is 1. The standard InChI is InChI=1S/C14H19N3O2S/c1-16(14(18)17-5-7-19-8-6-17)10-11-3-2-4-12(9-11)13(15)20/h2-4,9H,5-8,10H2,1H3,(H2,15,20). The zero-order valence-electron chi connectivity index (χ0n) is 11.5. The van der Waals surface area contributed by atoms with Crippen molar-refractivity contribution >= 4 is 23.2 Å². The lowest BCUT2D eigenvalue weighted by Crippen LogP contribution is -2.46. The summed E-state index contributed by atoms with van der Waals surface area (Å²) in [5.41, 5.74) is 7.46. The Kier molecular flexibility index (Phi) is 4.92. The van der Waals surface area contributed by atoms with Gasteiger partial charge in [0.15, 0.2) is 0 Å². The maximum Gasteiger partial charge on any atom is 0.320 e. The number of thiocarbonyl (C=S) groups is 1. The van der Waals surface area contributed by atoms with Crippen LogP contribution in [0.1, 0.15) is 11.1 Å². The number of carbonyl (C=O) groups is 1. The summed E-state index contributed by atoms with van der Waals surface area (Å²) < 4.78 is 5.25. The lowest BCUT2D eigenvalue weighted by atomic mass is 10.1. The molecule has 0 aromatic heterocycles. The van der Waals surface area contributed by atoms with Gasteiger partial charge in [0.25, 0.3) is 0 Å². The first-order valence-corrected chi connectivity index (χ1v) is 6.95. The number of urea groups is 1. The molecule has 1 aliphatic rings. The van der Waals surface area contributed by atoms with Gasteiger partial charge in [0.05, 0.1) is 13.2 Å². The molecule has 0 atom stereocenters. The van der Waals surface area contributed by atoms with Crippen LogP contribution < -0.4 is 5.73 Å². The molecule has 1 fully saturated rings. The second-order valence-electron chi connectivity index (χ2n) is 4.80. The summed E-state index contributed by atoms with van der Waals surface area (Å²) in [6, 6.07) is 7.68. The quantitative estimate of drug-likeness (QED) is 0.851. The third kappa shape index (κ3) is 3.68. The Bertz CT molecular complexity index is 501. The summed E-state index contributed by atoms with van der Waals surface area (Å²) in [6.45, 7) is 3.05. The maximum absolute atomic E-state index is 12.3. The van der Waals surface area contributed by atoms with Crippen molar-refractivity contribution in [3.8, 4) is 0 Å². The molecule has 1 heterocycles. The smallest absolute Gasteiger partial charge is 0.320 e. The van der Waals surface area contributed by atoms with Gasteiger partial charge in [-0.15, -0.1) is 0 Å². The van der Waals surface area contributed by atoms with Crippen LogP contribution in [0.25, 0.3) is 0 Å². The molecule has 0 bridgehead atoms. The Balaban J connectivity index is 1.99. The molecule has 20 heavy (non-hydrogen) atoms. The molecule has 1 aromatic carbocycles. The highest BCUT2D eigenvalue weighted by Gasteiger charge is 2.20. The average Bonchev–Trinajstić information content (AvgIpc) is 2.47. The predicted molar refractivity (Wildman–Crippen MR) is 81.6 cm³/mol. The molecule has 5 nitrogen and oxygen atoms in total. The maximum atomic E-state index is 12.3. The van der Waals surface area contributed by atoms with Crippen LogP contribution in [-0.4, -0.2) is 54.2 Å². The van der Waals surface area contributed by atoms with Gasteiger partial charge in [0.2, 0.25) is 0 Å². The van der Waals surface area contributed by atoms with E-state index >= 15 is 0 Å². The summed E-state index contributed by atoms with van der Waals surface area (Å²) >= 11 is 4.96. The molecule has 108 valence electrons. The van der Waals surface area contributed by atoms with Crippen molar-refractivity contribution in [3.05, 3.63) is 35.4 Å². The van der Waals surface area contributed by atoms with E-state index in [4.69, 9.17) is 22.7 Å². The number of morpholine rings is 1. The van der Waals surface area contributed by atoms with E-state index in [-0.39, 0.29) is 6.03 Å². The van der Waals surface area contributed by atoms with E-state index in [1.165, 1.54) is 0 Å². The van der Waals surface area contributed by atoms with E-state index in [0.29, 0.717) is 37.8 Å². The lowest BCUT2D eigenvalue weighted by Gasteiger charge is -2.31. The summed E-state index contributed by atoms with van der Waals surface area (Å²) in [4.78, 5) is 16.1. The largest absolute Gasteiger partial charge is 0.389 e. The van der Waals surface area contributed by atoms with Gasteiger partial charge in [-0.2, -0.15) is 0 Å². The minimum atomic E-state index is 0.0222. The fourth-order valence-electron chi connectivity index (χ4n) is 2.16. The predicted octanol–water partition coefficient (Wildman–Crippen LogP) is 1.20. The van der Waals surface area contributed by atoms with E-state index in [0.717, 1.165) is 11.1 Å². The highest BCUT2D eigenvalue weighted by molar-refractivity contribution is 7.80. The van der Waals surface area contributed by atoms with Gasteiger partial charge in [-0.3, -0.25) is 0 Å². The topological polar surface area (TPSA) is 58.8 Å². The molecule has 2 amide bonds. The van der Waals surface area contributed by atoms with Crippen molar-refractivity contribution in [2.45, 2.75) is 6.54 Å². The fraction of sp³-hybridized carbons (Fsp3) is 0.429. The van der Waals surface area contributed by atoms with Crippen LogP contribution in [-0.2, 0) is 11.3 Å². The SMILES string of the molecule is CN(Cc1cccc(C(N)=S)c1)C(=O)N1CCOCC1. The molecule has 0 spiro atoms. The number of benzene rings is 1. The highest BCUT2D eigenvalue weighted by atomic mass is 32.1. The molecule has 2 rings (SSSR count). The van der Waals surface area contributed by atoms with Crippen molar-refractivity contribution in [3.63, 3.8) is 0 Å². The molecule has 1 saturated heterocycles. The monoisotopic (exact) mass is 293 g/mol. The van der Waals surface area contributed by atoms with E-state index in [1.807, 2.05) is 24.3 Å². The van der Waals surface area contributed by atoms with Crippen LogP contribution in [0.3, 0.4) is 0 Å². The first kappa shape index (κ1) is 14.7. The summed E-state index contributed by atoms with van der Waals surface area (Å²) in [5.74, 6) is 0. The highest BCUT2D eigenvalue weighted by Crippen LogP contribution is 2.10. The number of rotatable bonds is 3. The molecule has 0 aliphatic carbocycles. The number of nitrogens with two attached hydrogens (primary N) is 1. The second kappa shape index (κ2) is 6.67. The van der Waals surface area contributed by atoms with Crippen LogP contribution in [0, 0.1) is 0 Å². The molecule has 1 aromatic rings. The number of nitrogens with zero attached hydrogens (tertiary/aromatic N) is 2. The van der Waals surface area contributed by atoms with Crippen LogP contribution in [0.5, 0.6) is 0 Å². The van der Waals surface area contributed by atoms with E-state index in [9.17, 15) is 4.79 Å². The normalized spacial score (nSPS) is 14.9. The van der Waals surface area contributed by atoms with Crippen molar-refractivity contribution < 1.29 is 9.53 Å². The minimum absolute atomic E-state index is 0.0222. The molecule has 0 unspecified atom stereocenters. The first-order valence-electron chi connectivity index (χ1n) is 6.54. The van der Waals surface area contributed by atoms with Crippen molar-refractivity contribution in [2.24, 2.45) is 5.73 Å². The molecular formula is C14H19N3O2S. The number of ether oxygens (including phenoxy) is 1. The first-order chi connectivity index (χ1) is 9.58. The Labute approximate surface area is 124 Å². The van der Waals surface area contributed by atoms with Gasteiger partial charge in [0.1, 0.15) is 4.99 Å². The Hall–Kier alpha value is -1.66. The molecule has 0 saturated carbocycles. The Morgan fingerprint density at radius 3 is 2.80 bits per heavy atom. The van der Waals surface area contributed by atoms with E-state index < -0.39 is 0 Å². The summed E-state index contributed by atoms with van der Waals surface area (Å²) in [7, 11) is 1.80. The molecule has 1 aliphatic heterocycles. The van der Waals surface area contributed by atoms with Crippen LogP contribution >= 0.6 is 12.2 Å². The van der Waals surface area contributed by atoms with Crippen LogP contribution in [0.15, 0.2) is 24.3 Å². The van der Waals surface area contributed by atoms with Crippen LogP contribution in [0.4, 0.5) is 4.79 Å². The molecular weight excluding hydrogens is 274 g/mol. The van der Waals surface area contributed by atoms with Crippen LogP contribution in [0.2, 0.25) is 0 Å². The van der Waals surface area contributed by atoms with Gasteiger partial charge in [-0.05, 0) is 11.6 Å². The third-order valence-electron chi connectivity index (χ3n) is 3.24. The number of carbonyl (C=O) groups excluding carboxylic acids is 1. The molecule has 0 radical (unpaired) electrons. The Morgan fingerprint density at radius 2 is 2.15 bits per heavy atom. The third-order valence-corrected chi connectivity index (χ3v) is 3.48. The van der Waals surface area contributed by atoms with Gasteiger partial charge < -0.3 is 20.3 Å². The van der Waals surface area contributed by atoms with E-state index in [1.54, 1.807) is 16.8 Å². The summed E-state index contributed by atoms with van der Waals surface area (Å²) in [6.07, 6.45) is 0. The van der Waals surface area contributed by atoms with Crippen molar-refractivity contribution in [2.75, 3.05) is 33.4 Å². The second-order valence-corrected chi connectivity index (χ2v) is 5.24. The fourth-order valence-corrected chi connectivity index (χ4v) is 2.29. The van der Waals surface area contributed by atoms with Gasteiger partial charge in [0, 0.05) is 32.2 Å². The zero-order valence-corrected chi connectivity index (χ0v) is 12.4. The summed E-state index contributed by atoms with van der Waals surface area (Å²) in [5, 5.41) is 0. The zero-order chi connectivity index (χ0) is 14.5. The van der Waals surface area contributed by atoms with Gasteiger partial charge in [-0.1, -0.05) is 30.4 Å². The minimum Gasteiger partial charge on any atom is -0.389 e.